The standard InChI is InChI=1S/C13H13N3S2/c1-2-10(12-14-7-8-18-12)16-11-6-4-3-5-9(11)15-13(16)17/h3-8,10H,2H2,1H3,(H,15,17). The molecule has 0 aliphatic heterocycles. The van der Waals surface area contributed by atoms with Crippen LogP contribution in [0.2, 0.25) is 0 Å². The van der Waals surface area contributed by atoms with Crippen LogP contribution < -0.4 is 0 Å². The molecule has 0 amide bonds. The quantitative estimate of drug-likeness (QED) is 0.728. The van der Waals surface area contributed by atoms with Gasteiger partial charge in [0.25, 0.3) is 0 Å². The first-order valence-corrected chi connectivity index (χ1v) is 7.18. The molecule has 1 aromatic carbocycles. The van der Waals surface area contributed by atoms with E-state index in [0.29, 0.717) is 0 Å². The first kappa shape index (κ1) is 11.6. The average molecular weight is 275 g/mol. The number of para-hydroxylation sites is 2. The van der Waals surface area contributed by atoms with Crippen molar-refractivity contribution >= 4 is 34.6 Å². The molecule has 18 heavy (non-hydrogen) atoms. The lowest BCUT2D eigenvalue weighted by Gasteiger charge is -2.15. The Morgan fingerprint density at radius 1 is 1.44 bits per heavy atom. The maximum absolute atomic E-state index is 5.45. The van der Waals surface area contributed by atoms with Crippen LogP contribution >= 0.6 is 23.6 Å². The van der Waals surface area contributed by atoms with Gasteiger partial charge in [-0.2, -0.15) is 0 Å². The summed E-state index contributed by atoms with van der Waals surface area (Å²) in [5, 5.41) is 3.12. The van der Waals surface area contributed by atoms with E-state index in [1.807, 2.05) is 23.7 Å². The van der Waals surface area contributed by atoms with Gasteiger partial charge in [-0.05, 0) is 30.8 Å². The third-order valence-electron chi connectivity index (χ3n) is 3.06. The fourth-order valence-electron chi connectivity index (χ4n) is 2.25. The molecule has 3 rings (SSSR count). The van der Waals surface area contributed by atoms with E-state index < -0.39 is 0 Å². The largest absolute Gasteiger partial charge is 0.331 e. The fourth-order valence-corrected chi connectivity index (χ4v) is 3.40. The first-order chi connectivity index (χ1) is 8.81. The minimum absolute atomic E-state index is 0.216. The highest BCUT2D eigenvalue weighted by molar-refractivity contribution is 7.71. The van der Waals surface area contributed by atoms with Crippen LogP contribution in [0.3, 0.4) is 0 Å². The Labute approximate surface area is 114 Å². The van der Waals surface area contributed by atoms with Crippen molar-refractivity contribution in [2.45, 2.75) is 19.4 Å². The second-order valence-electron chi connectivity index (χ2n) is 4.11. The molecule has 0 saturated carbocycles. The van der Waals surface area contributed by atoms with Gasteiger partial charge in [0.1, 0.15) is 5.01 Å². The molecule has 2 heterocycles. The molecule has 0 bridgehead atoms. The molecule has 5 heteroatoms. The maximum atomic E-state index is 5.45. The van der Waals surface area contributed by atoms with Crippen LogP contribution in [0.1, 0.15) is 24.4 Å². The van der Waals surface area contributed by atoms with Crippen LogP contribution in [0.5, 0.6) is 0 Å². The zero-order valence-electron chi connectivity index (χ0n) is 9.96. The molecular weight excluding hydrogens is 262 g/mol. The highest BCUT2D eigenvalue weighted by atomic mass is 32.1. The van der Waals surface area contributed by atoms with Crippen molar-refractivity contribution in [3.8, 4) is 0 Å². The van der Waals surface area contributed by atoms with E-state index >= 15 is 0 Å². The minimum Gasteiger partial charge on any atom is -0.331 e. The summed E-state index contributed by atoms with van der Waals surface area (Å²) >= 11 is 7.13. The normalized spacial score (nSPS) is 12.9. The lowest BCUT2D eigenvalue weighted by molar-refractivity contribution is 0.572. The van der Waals surface area contributed by atoms with Gasteiger partial charge in [-0.15, -0.1) is 11.3 Å². The monoisotopic (exact) mass is 275 g/mol. The van der Waals surface area contributed by atoms with Gasteiger partial charge < -0.3 is 9.55 Å². The number of nitrogens with one attached hydrogen (secondary N) is 1. The number of H-pyrrole nitrogens is 1. The van der Waals surface area contributed by atoms with Gasteiger partial charge in [0.05, 0.1) is 17.1 Å². The number of aromatic amines is 1. The van der Waals surface area contributed by atoms with Crippen molar-refractivity contribution in [2.75, 3.05) is 0 Å². The molecule has 0 aliphatic rings. The number of benzene rings is 1. The van der Waals surface area contributed by atoms with Crippen molar-refractivity contribution < 1.29 is 0 Å². The van der Waals surface area contributed by atoms with Gasteiger partial charge in [0, 0.05) is 11.6 Å². The Hall–Kier alpha value is -1.46. The number of hydrogen-bond donors (Lipinski definition) is 1. The molecule has 3 nitrogen and oxygen atoms in total. The molecular formula is C13H13N3S2. The molecule has 3 aromatic rings. The number of thiazole rings is 1. The van der Waals surface area contributed by atoms with Crippen molar-refractivity contribution in [2.24, 2.45) is 0 Å². The smallest absolute Gasteiger partial charge is 0.178 e. The number of nitrogens with zero attached hydrogens (tertiary/aromatic N) is 2. The van der Waals surface area contributed by atoms with Gasteiger partial charge >= 0.3 is 0 Å². The number of hydrogen-bond acceptors (Lipinski definition) is 3. The molecule has 0 saturated heterocycles. The Balaban J connectivity index is 2.24. The molecule has 92 valence electrons. The Bertz CT molecular complexity index is 709. The van der Waals surface area contributed by atoms with Crippen molar-refractivity contribution in [3.05, 3.63) is 45.6 Å². The highest BCUT2D eigenvalue weighted by Crippen LogP contribution is 2.28. The molecule has 0 spiro atoms. The van der Waals surface area contributed by atoms with Gasteiger partial charge in [0.2, 0.25) is 0 Å². The summed E-state index contributed by atoms with van der Waals surface area (Å²) in [6.45, 7) is 2.16. The summed E-state index contributed by atoms with van der Waals surface area (Å²) in [7, 11) is 0. The molecule has 0 aliphatic carbocycles. The third-order valence-corrected chi connectivity index (χ3v) is 4.23. The second-order valence-corrected chi connectivity index (χ2v) is 5.42. The molecule has 2 aromatic heterocycles. The number of imidazole rings is 1. The lowest BCUT2D eigenvalue weighted by Crippen LogP contribution is -2.09. The van der Waals surface area contributed by atoms with Crippen LogP contribution in [-0.2, 0) is 0 Å². The number of aromatic nitrogens is 3. The minimum atomic E-state index is 0.216. The number of rotatable bonds is 3. The topological polar surface area (TPSA) is 33.6 Å². The Morgan fingerprint density at radius 3 is 3.00 bits per heavy atom. The van der Waals surface area contributed by atoms with Gasteiger partial charge in [-0.3, -0.25) is 0 Å². The van der Waals surface area contributed by atoms with Crippen LogP contribution in [-0.4, -0.2) is 14.5 Å². The summed E-state index contributed by atoms with van der Waals surface area (Å²) in [5.74, 6) is 0. The zero-order valence-corrected chi connectivity index (χ0v) is 11.6. The predicted octanol–water partition coefficient (Wildman–Crippen LogP) is 4.15. The van der Waals surface area contributed by atoms with E-state index in [4.69, 9.17) is 12.2 Å². The summed E-state index contributed by atoms with van der Waals surface area (Å²) in [6, 6.07) is 8.42. The Morgan fingerprint density at radius 2 is 2.28 bits per heavy atom. The molecule has 1 unspecified atom stereocenters. The van der Waals surface area contributed by atoms with E-state index in [1.54, 1.807) is 11.3 Å². The fraction of sp³-hybridized carbons (Fsp3) is 0.231. The SMILES string of the molecule is CCC(c1nccs1)n1c(=S)[nH]c2ccccc21. The average Bonchev–Trinajstić information content (AvgIpc) is 2.99. The van der Waals surface area contributed by atoms with Crippen molar-refractivity contribution in [1.82, 2.24) is 14.5 Å². The van der Waals surface area contributed by atoms with E-state index in [1.165, 1.54) is 0 Å². The predicted molar refractivity (Wildman–Crippen MR) is 77.7 cm³/mol. The summed E-state index contributed by atoms with van der Waals surface area (Å²) in [4.78, 5) is 7.69. The van der Waals surface area contributed by atoms with E-state index in [2.05, 4.69) is 33.6 Å². The summed E-state index contributed by atoms with van der Waals surface area (Å²) in [6.07, 6.45) is 2.82. The zero-order chi connectivity index (χ0) is 12.5. The van der Waals surface area contributed by atoms with Crippen molar-refractivity contribution in [1.29, 1.82) is 0 Å². The molecule has 0 radical (unpaired) electrons. The van der Waals surface area contributed by atoms with Gasteiger partial charge in [-0.25, -0.2) is 4.98 Å². The van der Waals surface area contributed by atoms with E-state index in [9.17, 15) is 0 Å². The summed E-state index contributed by atoms with van der Waals surface area (Å²) in [5.41, 5.74) is 2.22. The summed E-state index contributed by atoms with van der Waals surface area (Å²) < 4.78 is 2.93. The van der Waals surface area contributed by atoms with E-state index in [-0.39, 0.29) is 6.04 Å². The van der Waals surface area contributed by atoms with Crippen LogP contribution in [0.25, 0.3) is 11.0 Å². The van der Waals surface area contributed by atoms with E-state index in [0.717, 1.165) is 27.2 Å². The highest BCUT2D eigenvalue weighted by Gasteiger charge is 2.17. The van der Waals surface area contributed by atoms with Crippen molar-refractivity contribution in [3.63, 3.8) is 0 Å². The number of fused-ring (bicyclic) bond motifs is 1. The molecule has 1 atom stereocenters. The Kier molecular flexibility index (Phi) is 3.01. The first-order valence-electron chi connectivity index (χ1n) is 5.90. The third kappa shape index (κ3) is 1.79. The van der Waals surface area contributed by atoms with Gasteiger partial charge in [-0.1, -0.05) is 19.1 Å². The lowest BCUT2D eigenvalue weighted by atomic mass is 10.2. The van der Waals surface area contributed by atoms with Crippen LogP contribution in [0, 0.1) is 4.77 Å². The van der Waals surface area contributed by atoms with Crippen LogP contribution in [0.15, 0.2) is 35.8 Å². The second kappa shape index (κ2) is 4.66. The maximum Gasteiger partial charge on any atom is 0.178 e. The molecule has 0 fully saturated rings. The van der Waals surface area contributed by atoms with Gasteiger partial charge in [0.15, 0.2) is 4.77 Å². The van der Waals surface area contributed by atoms with Crippen LogP contribution in [0.4, 0.5) is 0 Å². The molecule has 1 N–H and O–H groups in total.